The summed E-state index contributed by atoms with van der Waals surface area (Å²) in [5.41, 5.74) is 8.88. The van der Waals surface area contributed by atoms with Gasteiger partial charge in [0, 0.05) is 48.2 Å². The summed E-state index contributed by atoms with van der Waals surface area (Å²) < 4.78 is 41.3. The molecule has 0 spiro atoms. The van der Waals surface area contributed by atoms with E-state index in [2.05, 4.69) is 31.6 Å². The summed E-state index contributed by atoms with van der Waals surface area (Å²) >= 11 is 0. The molecule has 4 aromatic rings. The zero-order chi connectivity index (χ0) is 31.3. The lowest BCUT2D eigenvalue weighted by atomic mass is 10.0. The summed E-state index contributed by atoms with van der Waals surface area (Å²) in [6, 6.07) is 8.27. The zero-order valence-corrected chi connectivity index (χ0v) is 24.2. The third-order valence-electron chi connectivity index (χ3n) is 8.94. The van der Waals surface area contributed by atoms with Crippen molar-refractivity contribution in [2.75, 3.05) is 24.1 Å². The molecule has 3 aromatic heterocycles. The maximum absolute atomic E-state index is 13.1. The van der Waals surface area contributed by atoms with E-state index in [9.17, 15) is 22.8 Å². The van der Waals surface area contributed by atoms with Crippen LogP contribution >= 0.6 is 0 Å². The Labute approximate surface area is 256 Å². The number of alkyl halides is 3. The van der Waals surface area contributed by atoms with E-state index in [1.54, 1.807) is 30.5 Å². The van der Waals surface area contributed by atoms with Crippen LogP contribution in [-0.4, -0.2) is 61.6 Å². The normalized spacial score (nSPS) is 21.9. The molecule has 0 radical (unpaired) electrons. The lowest BCUT2D eigenvalue weighted by molar-refractivity contribution is -0.137. The van der Waals surface area contributed by atoms with Gasteiger partial charge in [-0.2, -0.15) is 18.3 Å². The van der Waals surface area contributed by atoms with Crippen LogP contribution in [0, 0.1) is 0 Å². The molecular weight excluding hydrogens is 585 g/mol. The molecule has 2 bridgehead atoms. The molecule has 7 rings (SSSR count). The number of fused-ring (bicyclic) bond motifs is 4. The fourth-order valence-corrected chi connectivity index (χ4v) is 6.51. The number of pyridine rings is 2. The first kappa shape index (κ1) is 29.0. The highest BCUT2D eigenvalue weighted by molar-refractivity contribution is 6.06. The molecule has 1 saturated heterocycles. The van der Waals surface area contributed by atoms with Gasteiger partial charge in [-0.25, -0.2) is 9.97 Å². The van der Waals surface area contributed by atoms with E-state index in [0.717, 1.165) is 74.6 Å². The van der Waals surface area contributed by atoms with Crippen LogP contribution in [0.1, 0.15) is 59.6 Å². The van der Waals surface area contributed by atoms with Crippen LogP contribution in [0.3, 0.4) is 0 Å². The molecule has 1 aromatic carbocycles. The molecule has 3 aliphatic rings. The number of hydrogen-bond acceptors (Lipinski definition) is 7. The quantitative estimate of drug-likeness (QED) is 0.294. The van der Waals surface area contributed by atoms with E-state index in [4.69, 9.17) is 10.8 Å². The van der Waals surface area contributed by atoms with Crippen molar-refractivity contribution in [3.05, 3.63) is 71.6 Å². The fourth-order valence-electron chi connectivity index (χ4n) is 6.51. The Morgan fingerprint density at radius 2 is 1.89 bits per heavy atom. The fraction of sp³-hybridized carbons (Fsp3) is 0.344. The molecule has 45 heavy (non-hydrogen) atoms. The first-order chi connectivity index (χ1) is 21.7. The monoisotopic (exact) mass is 616 g/mol. The van der Waals surface area contributed by atoms with Crippen LogP contribution in [0.4, 0.5) is 24.8 Å². The number of rotatable bonds is 3. The summed E-state index contributed by atoms with van der Waals surface area (Å²) in [6.45, 7) is 1.72. The number of nitrogens with zero attached hydrogens (tertiary/aromatic N) is 5. The standard InChI is InChI=1S/C32H31F3N8O2/c33-32(34,35)21-10-12-37-25(15-21)40-30(44)19-6-4-18(5-7-19)27-26-28-20(17-38-29(26)36)3-1-2-13-42-14-11-24(42)31(45)39-22-8-9-23(16-22)43(28)41-27/h1,3-7,10,12,15,17,22-24H,2,8-9,11,13-14,16H2,(H2,36,38)(H,39,45)(H,37,40,44)/t22-,23-,24+/m1/s1. The SMILES string of the molecule is Nc1ncc2c3c1c(-c1ccc(C(=O)Nc4cc(C(F)(F)F)ccn4)cc1)nn3[C@@H]1CC[C@H](C1)NC(=O)[C@@H]1CCN1CCC=C2. The highest BCUT2D eigenvalue weighted by Crippen LogP contribution is 2.40. The van der Waals surface area contributed by atoms with Gasteiger partial charge >= 0.3 is 6.18 Å². The molecule has 2 aliphatic heterocycles. The summed E-state index contributed by atoms with van der Waals surface area (Å²) in [5.74, 6) is -0.373. The smallest absolute Gasteiger partial charge is 0.383 e. The lowest BCUT2D eigenvalue weighted by Gasteiger charge is -2.40. The van der Waals surface area contributed by atoms with Gasteiger partial charge in [0.2, 0.25) is 5.91 Å². The Morgan fingerprint density at radius 1 is 1.07 bits per heavy atom. The molecule has 3 atom stereocenters. The van der Waals surface area contributed by atoms with Crippen molar-refractivity contribution in [2.24, 2.45) is 0 Å². The number of anilines is 2. The molecule has 2 amide bonds. The molecule has 1 aliphatic carbocycles. The average Bonchev–Trinajstić information content (AvgIpc) is 3.62. The number of hydrogen-bond donors (Lipinski definition) is 3. The van der Waals surface area contributed by atoms with Crippen LogP contribution in [0.15, 0.2) is 54.9 Å². The Kier molecular flexibility index (Phi) is 7.27. The van der Waals surface area contributed by atoms with Crippen molar-refractivity contribution in [1.82, 2.24) is 30.0 Å². The van der Waals surface area contributed by atoms with Crippen molar-refractivity contribution in [3.63, 3.8) is 0 Å². The third kappa shape index (κ3) is 5.52. The molecule has 232 valence electrons. The van der Waals surface area contributed by atoms with Crippen LogP contribution < -0.4 is 16.4 Å². The summed E-state index contributed by atoms with van der Waals surface area (Å²) in [4.78, 5) is 36.4. The summed E-state index contributed by atoms with van der Waals surface area (Å²) in [5, 5.41) is 11.5. The predicted molar refractivity (Wildman–Crippen MR) is 163 cm³/mol. The number of halogens is 3. The van der Waals surface area contributed by atoms with Crippen LogP contribution in [0.25, 0.3) is 28.2 Å². The van der Waals surface area contributed by atoms with Crippen molar-refractivity contribution in [2.45, 2.75) is 56.4 Å². The average molecular weight is 617 g/mol. The van der Waals surface area contributed by atoms with E-state index in [1.807, 2.05) is 10.8 Å². The number of carbonyl (C=O) groups excluding carboxylic acids is 2. The Morgan fingerprint density at radius 3 is 2.64 bits per heavy atom. The van der Waals surface area contributed by atoms with Gasteiger partial charge in [0.1, 0.15) is 17.3 Å². The Bertz CT molecular complexity index is 1820. The largest absolute Gasteiger partial charge is 0.416 e. The number of aromatic nitrogens is 4. The van der Waals surface area contributed by atoms with Crippen molar-refractivity contribution < 1.29 is 22.8 Å². The maximum Gasteiger partial charge on any atom is 0.416 e. The second-order valence-electron chi connectivity index (χ2n) is 11.8. The van der Waals surface area contributed by atoms with Gasteiger partial charge < -0.3 is 16.4 Å². The number of nitrogen functional groups attached to an aromatic ring is 1. The van der Waals surface area contributed by atoms with E-state index < -0.39 is 17.6 Å². The molecule has 4 N–H and O–H groups in total. The van der Waals surface area contributed by atoms with Crippen LogP contribution in [0.2, 0.25) is 0 Å². The predicted octanol–water partition coefficient (Wildman–Crippen LogP) is 5.05. The van der Waals surface area contributed by atoms with Crippen LogP contribution in [-0.2, 0) is 11.0 Å². The van der Waals surface area contributed by atoms with Crippen molar-refractivity contribution in [3.8, 4) is 11.3 Å². The van der Waals surface area contributed by atoms with Gasteiger partial charge in [-0.05, 0) is 56.4 Å². The van der Waals surface area contributed by atoms with E-state index in [-0.39, 0.29) is 35.4 Å². The van der Waals surface area contributed by atoms with Gasteiger partial charge in [-0.1, -0.05) is 24.3 Å². The number of carbonyl (C=O) groups is 2. The van der Waals surface area contributed by atoms with Crippen molar-refractivity contribution in [1.29, 1.82) is 0 Å². The molecule has 5 heterocycles. The first-order valence-corrected chi connectivity index (χ1v) is 15.0. The summed E-state index contributed by atoms with van der Waals surface area (Å²) in [6.07, 6.45) is 6.42. The summed E-state index contributed by atoms with van der Waals surface area (Å²) in [7, 11) is 0. The second kappa shape index (κ2) is 11.3. The first-order valence-electron chi connectivity index (χ1n) is 15.0. The topological polar surface area (TPSA) is 131 Å². The molecule has 13 heteroatoms. The minimum absolute atomic E-state index is 0.0333. The highest BCUT2D eigenvalue weighted by atomic mass is 19.4. The van der Waals surface area contributed by atoms with Gasteiger partial charge in [-0.15, -0.1) is 0 Å². The van der Waals surface area contributed by atoms with E-state index >= 15 is 0 Å². The van der Waals surface area contributed by atoms with Crippen LogP contribution in [0.5, 0.6) is 0 Å². The maximum atomic E-state index is 13.1. The van der Waals surface area contributed by atoms with E-state index in [1.165, 1.54) is 0 Å². The van der Waals surface area contributed by atoms with E-state index in [0.29, 0.717) is 22.5 Å². The number of nitrogens with two attached hydrogens (primary N) is 1. The van der Waals surface area contributed by atoms with Gasteiger partial charge in [-0.3, -0.25) is 19.2 Å². The minimum atomic E-state index is -4.55. The third-order valence-corrected chi connectivity index (χ3v) is 8.94. The van der Waals surface area contributed by atoms with Crippen molar-refractivity contribution >= 4 is 40.4 Å². The highest BCUT2D eigenvalue weighted by Gasteiger charge is 2.37. The zero-order valence-electron chi connectivity index (χ0n) is 24.2. The second-order valence-corrected chi connectivity index (χ2v) is 11.8. The number of nitrogens with one attached hydrogen (secondary N) is 2. The number of benzene rings is 1. The van der Waals surface area contributed by atoms with Gasteiger partial charge in [0.15, 0.2) is 0 Å². The van der Waals surface area contributed by atoms with Gasteiger partial charge in [0.25, 0.3) is 5.91 Å². The molecular formula is C32H31F3N8O2. The lowest BCUT2D eigenvalue weighted by Crippen LogP contribution is -2.57. The Hall–Kier alpha value is -4.78. The molecule has 0 unspecified atom stereocenters. The molecule has 2 fully saturated rings. The molecule has 10 nitrogen and oxygen atoms in total. The van der Waals surface area contributed by atoms with Gasteiger partial charge in [0.05, 0.1) is 28.6 Å². The minimum Gasteiger partial charge on any atom is -0.383 e. The Balaban J connectivity index is 1.22. The number of amides is 2. The molecule has 1 saturated carbocycles.